The molecule has 1 heterocycles. The lowest BCUT2D eigenvalue weighted by atomic mass is 10.1. The maximum Gasteiger partial charge on any atom is 0.271 e. The monoisotopic (exact) mass is 372 g/mol. The van der Waals surface area contributed by atoms with Gasteiger partial charge < -0.3 is 5.32 Å². The largest absolute Gasteiger partial charge is 0.322 e. The number of nitrogens with one attached hydrogen (secondary N) is 2. The number of anilines is 2. The van der Waals surface area contributed by atoms with Crippen molar-refractivity contribution < 1.29 is 13.2 Å². The molecule has 2 aromatic carbocycles. The van der Waals surface area contributed by atoms with Crippen molar-refractivity contribution in [3.8, 4) is 0 Å². The molecule has 5 nitrogen and oxygen atoms in total. The molecule has 0 spiro atoms. The molecule has 0 aliphatic heterocycles. The van der Waals surface area contributed by atoms with Crippen LogP contribution in [0.3, 0.4) is 0 Å². The van der Waals surface area contributed by atoms with E-state index in [1.54, 1.807) is 47.8 Å². The highest BCUT2D eigenvalue weighted by atomic mass is 32.2. The summed E-state index contributed by atoms with van der Waals surface area (Å²) in [5.74, 6) is -0.381. The highest BCUT2D eigenvalue weighted by molar-refractivity contribution is 7.94. The zero-order valence-corrected chi connectivity index (χ0v) is 15.0. The van der Waals surface area contributed by atoms with Gasteiger partial charge in [-0.2, -0.15) is 0 Å². The summed E-state index contributed by atoms with van der Waals surface area (Å²) in [5, 5.41) is 4.46. The topological polar surface area (TPSA) is 75.3 Å². The maximum atomic E-state index is 12.5. The van der Waals surface area contributed by atoms with Crippen molar-refractivity contribution in [1.82, 2.24) is 0 Å². The van der Waals surface area contributed by atoms with Gasteiger partial charge in [0.05, 0.1) is 11.3 Å². The number of carbonyl (C=O) groups is 1. The van der Waals surface area contributed by atoms with Crippen molar-refractivity contribution in [2.24, 2.45) is 0 Å². The molecule has 0 bridgehead atoms. The average Bonchev–Trinajstić information content (AvgIpc) is 3.12. The van der Waals surface area contributed by atoms with E-state index in [1.165, 1.54) is 6.07 Å². The highest BCUT2D eigenvalue weighted by Gasteiger charge is 2.19. The zero-order valence-electron chi connectivity index (χ0n) is 13.4. The van der Waals surface area contributed by atoms with Crippen molar-refractivity contribution in [3.05, 3.63) is 77.2 Å². The molecule has 0 aliphatic carbocycles. The zero-order chi connectivity index (χ0) is 17.9. The maximum absolute atomic E-state index is 12.5. The summed E-state index contributed by atoms with van der Waals surface area (Å²) in [6, 6.07) is 17.1. The quantitative estimate of drug-likeness (QED) is 0.708. The van der Waals surface area contributed by atoms with Crippen LogP contribution < -0.4 is 10.0 Å². The molecular formula is C18H16N2O3S2. The summed E-state index contributed by atoms with van der Waals surface area (Å²) in [7, 11) is -3.72. The molecule has 3 aromatic rings. The van der Waals surface area contributed by atoms with Gasteiger partial charge in [0, 0.05) is 5.69 Å². The van der Waals surface area contributed by atoms with Crippen molar-refractivity contribution >= 4 is 38.6 Å². The minimum Gasteiger partial charge on any atom is -0.322 e. The van der Waals surface area contributed by atoms with E-state index in [2.05, 4.69) is 10.0 Å². The molecule has 0 saturated heterocycles. The van der Waals surface area contributed by atoms with Gasteiger partial charge in [0.25, 0.3) is 15.9 Å². The first-order chi connectivity index (χ1) is 12.0. The fourth-order valence-electron chi connectivity index (χ4n) is 2.22. The van der Waals surface area contributed by atoms with Crippen LogP contribution in [0.2, 0.25) is 0 Å². The molecule has 0 saturated carbocycles. The van der Waals surface area contributed by atoms with E-state index in [1.807, 2.05) is 19.1 Å². The smallest absolute Gasteiger partial charge is 0.271 e. The first kappa shape index (κ1) is 17.2. The molecule has 128 valence electrons. The van der Waals surface area contributed by atoms with Gasteiger partial charge in [-0.3, -0.25) is 9.52 Å². The molecule has 2 N–H and O–H groups in total. The molecule has 0 radical (unpaired) electrons. The van der Waals surface area contributed by atoms with Gasteiger partial charge in [0.1, 0.15) is 4.21 Å². The Morgan fingerprint density at radius 2 is 1.68 bits per heavy atom. The molecule has 0 aliphatic rings. The molecule has 3 rings (SSSR count). The van der Waals surface area contributed by atoms with Crippen LogP contribution in [0, 0.1) is 6.92 Å². The molecule has 1 amide bonds. The van der Waals surface area contributed by atoms with Crippen molar-refractivity contribution in [1.29, 1.82) is 0 Å². The van der Waals surface area contributed by atoms with Gasteiger partial charge in [-0.25, -0.2) is 8.42 Å². The predicted octanol–water partition coefficient (Wildman–Crippen LogP) is 4.11. The Kier molecular flexibility index (Phi) is 4.87. The lowest BCUT2D eigenvalue weighted by Crippen LogP contribution is -2.18. The molecular weight excluding hydrogens is 356 g/mol. The van der Waals surface area contributed by atoms with Crippen molar-refractivity contribution in [3.63, 3.8) is 0 Å². The molecule has 7 heteroatoms. The fraction of sp³-hybridized carbons (Fsp3) is 0.0556. The minimum atomic E-state index is -3.72. The van der Waals surface area contributed by atoms with Crippen LogP contribution in [0.5, 0.6) is 0 Å². The number of hydrogen-bond donors (Lipinski definition) is 2. The second kappa shape index (κ2) is 7.08. The van der Waals surface area contributed by atoms with E-state index >= 15 is 0 Å². The van der Waals surface area contributed by atoms with Crippen LogP contribution in [0.1, 0.15) is 15.9 Å². The van der Waals surface area contributed by atoms with E-state index in [0.717, 1.165) is 16.9 Å². The number of amides is 1. The van der Waals surface area contributed by atoms with Gasteiger partial charge in [0.2, 0.25) is 0 Å². The fourth-order valence-corrected chi connectivity index (χ4v) is 4.29. The molecule has 25 heavy (non-hydrogen) atoms. The summed E-state index contributed by atoms with van der Waals surface area (Å²) >= 11 is 1.12. The lowest BCUT2D eigenvalue weighted by Gasteiger charge is -2.12. The molecule has 0 atom stereocenters. The van der Waals surface area contributed by atoms with Crippen molar-refractivity contribution in [2.45, 2.75) is 11.1 Å². The van der Waals surface area contributed by atoms with Gasteiger partial charge in [-0.15, -0.1) is 11.3 Å². The van der Waals surface area contributed by atoms with Crippen LogP contribution in [-0.4, -0.2) is 14.3 Å². The average molecular weight is 372 g/mol. The lowest BCUT2D eigenvalue weighted by molar-refractivity contribution is 0.102. The third-order valence-electron chi connectivity index (χ3n) is 3.49. The summed E-state index contributed by atoms with van der Waals surface area (Å²) in [6.45, 7) is 1.96. The van der Waals surface area contributed by atoms with Gasteiger partial charge in [-0.05, 0) is 42.6 Å². The van der Waals surface area contributed by atoms with Gasteiger partial charge in [0.15, 0.2) is 0 Å². The van der Waals surface area contributed by atoms with Crippen LogP contribution >= 0.6 is 11.3 Å². The number of hydrogen-bond acceptors (Lipinski definition) is 4. The second-order valence-electron chi connectivity index (χ2n) is 5.40. The van der Waals surface area contributed by atoms with Crippen LogP contribution in [0.15, 0.2) is 70.3 Å². The number of benzene rings is 2. The summed E-state index contributed by atoms with van der Waals surface area (Å²) in [4.78, 5) is 12.5. The Labute approximate surface area is 150 Å². The molecule has 1 aromatic heterocycles. The standard InChI is InChI=1S/C18H16N2O3S2/c1-13-8-10-14(11-9-13)19-18(21)15-5-2-3-6-16(15)20-25(22,23)17-7-4-12-24-17/h2-12,20H,1H3,(H,19,21). The second-order valence-corrected chi connectivity index (χ2v) is 8.26. The van der Waals surface area contributed by atoms with Crippen LogP contribution in [0.4, 0.5) is 11.4 Å². The highest BCUT2D eigenvalue weighted by Crippen LogP contribution is 2.23. The van der Waals surface area contributed by atoms with Gasteiger partial charge in [-0.1, -0.05) is 35.9 Å². The normalized spacial score (nSPS) is 11.1. The van der Waals surface area contributed by atoms with E-state index in [-0.39, 0.29) is 21.4 Å². The molecule has 0 fully saturated rings. The summed E-state index contributed by atoms with van der Waals surface area (Å²) in [6.07, 6.45) is 0. The SMILES string of the molecule is Cc1ccc(NC(=O)c2ccccc2NS(=O)(=O)c2cccs2)cc1. The van der Waals surface area contributed by atoms with Crippen LogP contribution in [-0.2, 0) is 10.0 Å². The van der Waals surface area contributed by atoms with Crippen molar-refractivity contribution in [2.75, 3.05) is 10.0 Å². The minimum absolute atomic E-state index is 0.196. The summed E-state index contributed by atoms with van der Waals surface area (Å²) < 4.78 is 27.5. The Bertz CT molecular complexity index is 979. The summed E-state index contributed by atoms with van der Waals surface area (Å²) in [5.41, 5.74) is 2.22. The third-order valence-corrected chi connectivity index (χ3v) is 6.25. The number of rotatable bonds is 5. The Morgan fingerprint density at radius 3 is 2.36 bits per heavy atom. The van der Waals surface area contributed by atoms with E-state index in [0.29, 0.717) is 5.69 Å². The van der Waals surface area contributed by atoms with E-state index < -0.39 is 10.0 Å². The van der Waals surface area contributed by atoms with Gasteiger partial charge >= 0.3 is 0 Å². The first-order valence-electron chi connectivity index (χ1n) is 7.49. The van der Waals surface area contributed by atoms with E-state index in [9.17, 15) is 13.2 Å². The Balaban J connectivity index is 1.85. The number of thiophene rings is 1. The third kappa shape index (κ3) is 4.07. The number of sulfonamides is 1. The first-order valence-corrected chi connectivity index (χ1v) is 9.85. The number of aryl methyl sites for hydroxylation is 1. The Hall–Kier alpha value is -2.64. The molecule has 0 unspecified atom stereocenters. The van der Waals surface area contributed by atoms with E-state index in [4.69, 9.17) is 0 Å². The Morgan fingerprint density at radius 1 is 0.960 bits per heavy atom. The number of carbonyl (C=O) groups excluding carboxylic acids is 1. The predicted molar refractivity (Wildman–Crippen MR) is 101 cm³/mol. The number of para-hydroxylation sites is 1. The van der Waals surface area contributed by atoms with Crippen LogP contribution in [0.25, 0.3) is 0 Å².